The van der Waals surface area contributed by atoms with Gasteiger partial charge in [-0.1, -0.05) is 24.8 Å². The standard InChI is InChI=1S/C29H26N2O5/c1-3-14-35-23-7-4-20(5-8-23)26-25(27(32)21-6-9-24-22(16-21)15-18(2)36-24)28(33)29(34)31(26)17-19-10-12-30-13-11-19/h3-13,16,18,26,32H,1,14-15,17H2,2H3/b27-25+. The number of ketones is 1. The Hall–Kier alpha value is -4.39. The highest BCUT2D eigenvalue weighted by Crippen LogP contribution is 2.41. The Morgan fingerprint density at radius 2 is 1.92 bits per heavy atom. The number of Topliss-reactive ketones (excluding diaryl/α,β-unsaturated/α-hetero) is 1. The molecule has 0 aliphatic carbocycles. The monoisotopic (exact) mass is 482 g/mol. The van der Waals surface area contributed by atoms with Crippen LogP contribution in [0.4, 0.5) is 0 Å². The van der Waals surface area contributed by atoms with Gasteiger partial charge in [0.25, 0.3) is 11.7 Å². The molecule has 3 aromatic rings. The molecule has 3 heterocycles. The van der Waals surface area contributed by atoms with Crippen LogP contribution in [0.1, 0.15) is 35.2 Å². The first-order valence-electron chi connectivity index (χ1n) is 11.8. The lowest BCUT2D eigenvalue weighted by molar-refractivity contribution is -0.140. The smallest absolute Gasteiger partial charge is 0.295 e. The second kappa shape index (κ2) is 9.70. The number of likely N-dealkylation sites (tertiary alicyclic amines) is 1. The average molecular weight is 483 g/mol. The molecule has 1 fully saturated rings. The number of amides is 1. The summed E-state index contributed by atoms with van der Waals surface area (Å²) in [6, 6.07) is 15.3. The third kappa shape index (κ3) is 4.35. The number of pyridine rings is 1. The van der Waals surface area contributed by atoms with Gasteiger partial charge in [-0.25, -0.2) is 0 Å². The molecule has 2 aromatic carbocycles. The number of rotatable bonds is 7. The number of hydrogen-bond donors (Lipinski definition) is 1. The van der Waals surface area contributed by atoms with Crippen molar-refractivity contribution in [2.75, 3.05) is 6.61 Å². The minimum absolute atomic E-state index is 0.0464. The number of aromatic nitrogens is 1. The summed E-state index contributed by atoms with van der Waals surface area (Å²) in [5.74, 6) is -0.182. The third-order valence-corrected chi connectivity index (χ3v) is 6.38. The molecular weight excluding hydrogens is 456 g/mol. The summed E-state index contributed by atoms with van der Waals surface area (Å²) in [5.41, 5.74) is 3.00. The summed E-state index contributed by atoms with van der Waals surface area (Å²) >= 11 is 0. The third-order valence-electron chi connectivity index (χ3n) is 6.38. The molecule has 0 spiro atoms. The number of benzene rings is 2. The summed E-state index contributed by atoms with van der Waals surface area (Å²) < 4.78 is 11.4. The van der Waals surface area contributed by atoms with Crippen molar-refractivity contribution in [2.45, 2.75) is 32.0 Å². The number of hydrogen-bond acceptors (Lipinski definition) is 6. The van der Waals surface area contributed by atoms with Crippen molar-refractivity contribution in [2.24, 2.45) is 0 Å². The van der Waals surface area contributed by atoms with Gasteiger partial charge in [-0.05, 0) is 66.1 Å². The van der Waals surface area contributed by atoms with E-state index in [0.29, 0.717) is 29.9 Å². The maximum absolute atomic E-state index is 13.3. The van der Waals surface area contributed by atoms with Gasteiger partial charge in [-0.2, -0.15) is 0 Å². The van der Waals surface area contributed by atoms with Gasteiger partial charge in [0.2, 0.25) is 0 Å². The van der Waals surface area contributed by atoms with E-state index < -0.39 is 17.7 Å². The van der Waals surface area contributed by atoms with Crippen molar-refractivity contribution in [1.82, 2.24) is 9.88 Å². The second-order valence-corrected chi connectivity index (χ2v) is 8.91. The Balaban J connectivity index is 1.59. The van der Waals surface area contributed by atoms with Crippen LogP contribution in [0.2, 0.25) is 0 Å². The van der Waals surface area contributed by atoms with Gasteiger partial charge < -0.3 is 19.5 Å². The minimum atomic E-state index is -0.768. The van der Waals surface area contributed by atoms with Crippen LogP contribution in [-0.2, 0) is 22.6 Å². The van der Waals surface area contributed by atoms with Crippen LogP contribution in [0.3, 0.4) is 0 Å². The lowest BCUT2D eigenvalue weighted by atomic mass is 9.94. The van der Waals surface area contributed by atoms with Crippen LogP contribution in [0.15, 0.2) is 85.2 Å². The molecule has 0 radical (unpaired) electrons. The van der Waals surface area contributed by atoms with Gasteiger partial charge in [0, 0.05) is 30.9 Å². The van der Waals surface area contributed by atoms with Gasteiger partial charge in [0.15, 0.2) is 0 Å². The van der Waals surface area contributed by atoms with Crippen LogP contribution in [0.5, 0.6) is 11.5 Å². The van der Waals surface area contributed by atoms with Crippen LogP contribution in [0, 0.1) is 0 Å². The van der Waals surface area contributed by atoms with E-state index in [9.17, 15) is 14.7 Å². The van der Waals surface area contributed by atoms with Crippen molar-refractivity contribution in [3.8, 4) is 11.5 Å². The molecule has 182 valence electrons. The van der Waals surface area contributed by atoms with Gasteiger partial charge in [-0.3, -0.25) is 14.6 Å². The zero-order chi connectivity index (χ0) is 25.2. The highest BCUT2D eigenvalue weighted by atomic mass is 16.5. The zero-order valence-corrected chi connectivity index (χ0v) is 19.9. The Kier molecular flexibility index (Phi) is 6.29. The van der Waals surface area contributed by atoms with E-state index >= 15 is 0 Å². The number of carbonyl (C=O) groups is 2. The Morgan fingerprint density at radius 1 is 1.17 bits per heavy atom. The van der Waals surface area contributed by atoms with E-state index in [2.05, 4.69) is 11.6 Å². The summed E-state index contributed by atoms with van der Waals surface area (Å²) in [5, 5.41) is 11.4. The molecule has 2 aliphatic rings. The Bertz CT molecular complexity index is 1350. The maximum atomic E-state index is 13.3. The molecule has 1 aromatic heterocycles. The van der Waals surface area contributed by atoms with Gasteiger partial charge in [0.05, 0.1) is 11.6 Å². The van der Waals surface area contributed by atoms with Crippen LogP contribution in [0.25, 0.3) is 5.76 Å². The van der Waals surface area contributed by atoms with Crippen molar-refractivity contribution < 1.29 is 24.2 Å². The predicted octanol–water partition coefficient (Wildman–Crippen LogP) is 4.59. The molecule has 2 aliphatic heterocycles. The first kappa shape index (κ1) is 23.4. The van der Waals surface area contributed by atoms with E-state index in [1.54, 1.807) is 67.0 Å². The Labute approximate surface area is 209 Å². The Morgan fingerprint density at radius 3 is 2.64 bits per heavy atom. The number of fused-ring (bicyclic) bond motifs is 1. The quantitative estimate of drug-likeness (QED) is 0.229. The largest absolute Gasteiger partial charge is 0.507 e. The topological polar surface area (TPSA) is 89.0 Å². The fourth-order valence-corrected chi connectivity index (χ4v) is 4.70. The van der Waals surface area contributed by atoms with Crippen LogP contribution < -0.4 is 9.47 Å². The van der Waals surface area contributed by atoms with E-state index in [4.69, 9.17) is 9.47 Å². The van der Waals surface area contributed by atoms with Crippen molar-refractivity contribution in [3.63, 3.8) is 0 Å². The minimum Gasteiger partial charge on any atom is -0.507 e. The van der Waals surface area contributed by atoms with E-state index in [1.807, 2.05) is 13.0 Å². The van der Waals surface area contributed by atoms with Crippen molar-refractivity contribution in [3.05, 3.63) is 107 Å². The molecule has 0 saturated carbocycles. The summed E-state index contributed by atoms with van der Waals surface area (Å²) in [6.07, 6.45) is 5.69. The number of aliphatic hydroxyl groups is 1. The molecular formula is C29H26N2O5. The molecule has 5 rings (SSSR count). The van der Waals surface area contributed by atoms with Gasteiger partial charge >= 0.3 is 0 Å². The fraction of sp³-hybridized carbons (Fsp3) is 0.207. The SMILES string of the molecule is C=CCOc1ccc(C2/C(=C(\O)c3ccc4c(c3)CC(C)O4)C(=O)C(=O)N2Cc2ccncc2)cc1. The molecule has 7 nitrogen and oxygen atoms in total. The molecule has 2 unspecified atom stereocenters. The highest BCUT2D eigenvalue weighted by molar-refractivity contribution is 6.46. The summed E-state index contributed by atoms with van der Waals surface area (Å²) in [4.78, 5) is 32.1. The van der Waals surface area contributed by atoms with Gasteiger partial charge in [-0.15, -0.1) is 0 Å². The van der Waals surface area contributed by atoms with Crippen molar-refractivity contribution >= 4 is 17.4 Å². The predicted molar refractivity (Wildman–Crippen MR) is 134 cm³/mol. The first-order valence-corrected chi connectivity index (χ1v) is 11.8. The fourth-order valence-electron chi connectivity index (χ4n) is 4.70. The zero-order valence-electron chi connectivity index (χ0n) is 19.9. The van der Waals surface area contributed by atoms with E-state index in [-0.39, 0.29) is 24.0 Å². The first-order chi connectivity index (χ1) is 17.5. The van der Waals surface area contributed by atoms with Gasteiger partial charge in [0.1, 0.15) is 30.0 Å². The van der Waals surface area contributed by atoms with Crippen LogP contribution in [-0.4, -0.2) is 39.4 Å². The average Bonchev–Trinajstić information content (AvgIpc) is 3.39. The molecule has 0 bridgehead atoms. The van der Waals surface area contributed by atoms with Crippen LogP contribution >= 0.6 is 0 Å². The van der Waals surface area contributed by atoms with E-state index in [1.165, 1.54) is 4.90 Å². The lowest BCUT2D eigenvalue weighted by Crippen LogP contribution is -2.29. The summed E-state index contributed by atoms with van der Waals surface area (Å²) in [7, 11) is 0. The van der Waals surface area contributed by atoms with Crippen molar-refractivity contribution in [1.29, 1.82) is 0 Å². The molecule has 1 amide bonds. The molecule has 7 heteroatoms. The summed E-state index contributed by atoms with van der Waals surface area (Å²) in [6.45, 7) is 6.19. The highest BCUT2D eigenvalue weighted by Gasteiger charge is 2.46. The molecule has 36 heavy (non-hydrogen) atoms. The maximum Gasteiger partial charge on any atom is 0.295 e. The number of ether oxygens (including phenoxy) is 2. The number of carbonyl (C=O) groups excluding carboxylic acids is 2. The van der Waals surface area contributed by atoms with E-state index in [0.717, 1.165) is 16.9 Å². The normalized spacial score (nSPS) is 20.2. The molecule has 1 saturated heterocycles. The molecule has 2 atom stereocenters. The molecule has 1 N–H and O–H groups in total. The second-order valence-electron chi connectivity index (χ2n) is 8.91. The number of aliphatic hydroxyl groups excluding tert-OH is 1. The lowest BCUT2D eigenvalue weighted by Gasteiger charge is -2.25. The number of nitrogens with zero attached hydrogens (tertiary/aromatic N) is 2.